The van der Waals surface area contributed by atoms with E-state index in [1.807, 2.05) is 0 Å². The Kier molecular flexibility index (Phi) is 4.68. The molecule has 0 aliphatic carbocycles. The first-order valence-corrected chi connectivity index (χ1v) is 8.26. The van der Waals surface area contributed by atoms with Gasteiger partial charge in [-0.3, -0.25) is 4.72 Å². The Morgan fingerprint density at radius 2 is 1.71 bits per heavy atom. The number of hydrogen-bond acceptors (Lipinski definition) is 2. The number of halogens is 4. The number of nitrogens with one attached hydrogen (secondary N) is 1. The fourth-order valence-electron chi connectivity index (χ4n) is 1.63. The fraction of sp³-hybridized carbons (Fsp3) is 0.0769. The van der Waals surface area contributed by atoms with Gasteiger partial charge in [0.05, 0.1) is 15.7 Å². The summed E-state index contributed by atoms with van der Waals surface area (Å²) in [7, 11) is -3.96. The van der Waals surface area contributed by atoms with Crippen LogP contribution in [-0.2, 0) is 10.0 Å². The molecule has 0 heterocycles. The topological polar surface area (TPSA) is 46.2 Å². The average molecular weight is 369 g/mol. The number of sulfonamides is 1. The van der Waals surface area contributed by atoms with Crippen molar-refractivity contribution >= 4 is 50.5 Å². The van der Waals surface area contributed by atoms with Crippen LogP contribution in [0, 0.1) is 12.7 Å². The summed E-state index contributed by atoms with van der Waals surface area (Å²) in [6, 6.07) is 6.34. The number of anilines is 1. The first-order valence-electron chi connectivity index (χ1n) is 5.64. The summed E-state index contributed by atoms with van der Waals surface area (Å²) >= 11 is 17.4. The van der Waals surface area contributed by atoms with E-state index in [0.29, 0.717) is 5.02 Å². The summed E-state index contributed by atoms with van der Waals surface area (Å²) in [4.78, 5) is -0.147. The van der Waals surface area contributed by atoms with E-state index < -0.39 is 15.8 Å². The minimum atomic E-state index is -3.96. The van der Waals surface area contributed by atoms with E-state index >= 15 is 0 Å². The lowest BCUT2D eigenvalue weighted by Crippen LogP contribution is -2.14. The highest BCUT2D eigenvalue weighted by Crippen LogP contribution is 2.30. The van der Waals surface area contributed by atoms with Crippen molar-refractivity contribution < 1.29 is 12.8 Å². The van der Waals surface area contributed by atoms with E-state index in [4.69, 9.17) is 34.8 Å². The van der Waals surface area contributed by atoms with Gasteiger partial charge in [-0.15, -0.1) is 0 Å². The monoisotopic (exact) mass is 367 g/mol. The molecule has 0 saturated carbocycles. The van der Waals surface area contributed by atoms with Crippen LogP contribution in [0.4, 0.5) is 10.1 Å². The molecule has 0 radical (unpaired) electrons. The average Bonchev–Trinajstić information content (AvgIpc) is 2.35. The highest BCUT2D eigenvalue weighted by molar-refractivity contribution is 7.92. The van der Waals surface area contributed by atoms with Gasteiger partial charge in [-0.2, -0.15) is 0 Å². The molecule has 0 bridgehead atoms. The van der Waals surface area contributed by atoms with Gasteiger partial charge in [-0.1, -0.05) is 34.8 Å². The van der Waals surface area contributed by atoms with E-state index in [1.54, 1.807) is 0 Å². The van der Waals surface area contributed by atoms with Gasteiger partial charge in [-0.05, 0) is 42.8 Å². The van der Waals surface area contributed by atoms with Crippen LogP contribution in [0.3, 0.4) is 0 Å². The van der Waals surface area contributed by atoms with Crippen molar-refractivity contribution in [1.82, 2.24) is 0 Å². The van der Waals surface area contributed by atoms with Gasteiger partial charge in [-0.25, -0.2) is 12.8 Å². The highest BCUT2D eigenvalue weighted by atomic mass is 35.5. The smallest absolute Gasteiger partial charge is 0.263 e. The third-order valence-electron chi connectivity index (χ3n) is 2.68. The molecule has 0 aliphatic heterocycles. The van der Waals surface area contributed by atoms with Gasteiger partial charge in [0.1, 0.15) is 10.7 Å². The Morgan fingerprint density at radius 3 is 2.33 bits per heavy atom. The van der Waals surface area contributed by atoms with Gasteiger partial charge in [0.25, 0.3) is 10.0 Å². The second-order valence-electron chi connectivity index (χ2n) is 4.26. The molecule has 1 N–H and O–H groups in total. The van der Waals surface area contributed by atoms with Gasteiger partial charge in [0.2, 0.25) is 0 Å². The molecule has 21 heavy (non-hydrogen) atoms. The summed E-state index contributed by atoms with van der Waals surface area (Å²) in [5.74, 6) is -0.521. The molecule has 0 amide bonds. The van der Waals surface area contributed by atoms with Crippen LogP contribution in [0.5, 0.6) is 0 Å². The van der Waals surface area contributed by atoms with Crippen molar-refractivity contribution in [3.8, 4) is 0 Å². The second-order valence-corrected chi connectivity index (χ2v) is 7.16. The minimum Gasteiger partial charge on any atom is -0.278 e. The SMILES string of the molecule is Cc1cc(NS(=O)(=O)c2ccc(Cl)cc2Cl)c(Cl)cc1F. The maximum absolute atomic E-state index is 13.3. The van der Waals surface area contributed by atoms with Crippen LogP contribution in [0.1, 0.15) is 5.56 Å². The summed E-state index contributed by atoms with van der Waals surface area (Å²) in [6.45, 7) is 1.50. The molecule has 0 spiro atoms. The Morgan fingerprint density at radius 1 is 1.05 bits per heavy atom. The second kappa shape index (κ2) is 6.01. The van der Waals surface area contributed by atoms with Crippen molar-refractivity contribution in [1.29, 1.82) is 0 Å². The zero-order chi connectivity index (χ0) is 15.8. The fourth-order valence-corrected chi connectivity index (χ4v) is 3.73. The molecule has 0 unspecified atom stereocenters. The normalized spacial score (nSPS) is 11.5. The number of hydrogen-bond donors (Lipinski definition) is 1. The van der Waals surface area contributed by atoms with Crippen molar-refractivity contribution in [2.75, 3.05) is 4.72 Å². The molecule has 0 atom stereocenters. The predicted molar refractivity (Wildman–Crippen MR) is 83.4 cm³/mol. The standard InChI is InChI=1S/C13H9Cl3FNO2S/c1-7-4-12(9(15)6-11(7)17)18-21(19,20)13-3-2-8(14)5-10(13)16/h2-6,18H,1H3. The van der Waals surface area contributed by atoms with E-state index in [-0.39, 0.29) is 26.2 Å². The molecule has 2 aromatic carbocycles. The van der Waals surface area contributed by atoms with Crippen LogP contribution < -0.4 is 4.72 Å². The predicted octanol–water partition coefficient (Wildman–Crippen LogP) is 4.90. The molecule has 0 aliphatic rings. The largest absolute Gasteiger partial charge is 0.278 e. The Bertz CT molecular complexity index is 809. The molecule has 2 aromatic rings. The molecule has 2 rings (SSSR count). The van der Waals surface area contributed by atoms with Crippen LogP contribution in [0.25, 0.3) is 0 Å². The number of rotatable bonds is 3. The molecule has 0 saturated heterocycles. The van der Waals surface area contributed by atoms with Crippen molar-refractivity contribution in [3.05, 3.63) is 56.8 Å². The molecule has 0 fully saturated rings. The van der Waals surface area contributed by atoms with Crippen LogP contribution in [0.2, 0.25) is 15.1 Å². The van der Waals surface area contributed by atoms with Crippen LogP contribution in [0.15, 0.2) is 35.2 Å². The Labute approximate surface area is 136 Å². The Hall–Kier alpha value is -1.01. The number of benzene rings is 2. The zero-order valence-electron chi connectivity index (χ0n) is 10.6. The van der Waals surface area contributed by atoms with E-state index in [1.165, 1.54) is 31.2 Å². The third-order valence-corrected chi connectivity index (χ3v) is 5.07. The van der Waals surface area contributed by atoms with Gasteiger partial charge in [0.15, 0.2) is 0 Å². The maximum Gasteiger partial charge on any atom is 0.263 e. The van der Waals surface area contributed by atoms with Gasteiger partial charge in [0, 0.05) is 5.02 Å². The molecule has 0 aromatic heterocycles. The number of aryl methyl sites for hydroxylation is 1. The summed E-state index contributed by atoms with van der Waals surface area (Å²) < 4.78 is 40.2. The Balaban J connectivity index is 2.45. The minimum absolute atomic E-state index is 0.0232. The van der Waals surface area contributed by atoms with Gasteiger partial charge < -0.3 is 0 Å². The molecule has 3 nitrogen and oxygen atoms in total. The lowest BCUT2D eigenvalue weighted by atomic mass is 10.2. The van der Waals surface area contributed by atoms with Crippen molar-refractivity contribution in [3.63, 3.8) is 0 Å². The summed E-state index contributed by atoms with van der Waals surface area (Å²) in [5.41, 5.74) is 0.334. The molecular weight excluding hydrogens is 360 g/mol. The van der Waals surface area contributed by atoms with Crippen molar-refractivity contribution in [2.45, 2.75) is 11.8 Å². The van der Waals surface area contributed by atoms with Gasteiger partial charge >= 0.3 is 0 Å². The maximum atomic E-state index is 13.3. The first-order chi connectivity index (χ1) is 9.70. The van der Waals surface area contributed by atoms with Crippen LogP contribution in [-0.4, -0.2) is 8.42 Å². The van der Waals surface area contributed by atoms with E-state index in [9.17, 15) is 12.8 Å². The molecule has 8 heteroatoms. The molecular formula is C13H9Cl3FNO2S. The summed E-state index contributed by atoms with van der Waals surface area (Å²) in [5, 5.41) is 0.242. The zero-order valence-corrected chi connectivity index (χ0v) is 13.7. The van der Waals surface area contributed by atoms with Crippen LogP contribution >= 0.6 is 34.8 Å². The molecule has 112 valence electrons. The lowest BCUT2D eigenvalue weighted by Gasteiger charge is -2.12. The van der Waals surface area contributed by atoms with Crippen molar-refractivity contribution in [2.24, 2.45) is 0 Å². The van der Waals surface area contributed by atoms with E-state index in [0.717, 1.165) is 6.07 Å². The highest BCUT2D eigenvalue weighted by Gasteiger charge is 2.20. The van der Waals surface area contributed by atoms with E-state index in [2.05, 4.69) is 4.72 Å². The quantitative estimate of drug-likeness (QED) is 0.838. The third kappa shape index (κ3) is 3.61. The first kappa shape index (κ1) is 16.4. The summed E-state index contributed by atoms with van der Waals surface area (Å²) in [6.07, 6.45) is 0. The lowest BCUT2D eigenvalue weighted by molar-refractivity contribution is 0.601.